The van der Waals surface area contributed by atoms with Crippen LogP contribution in [0.4, 0.5) is 4.39 Å². The molecule has 3 aromatic carbocycles. The van der Waals surface area contributed by atoms with E-state index in [9.17, 15) is 14.0 Å². The molecule has 3 aromatic rings. The third-order valence-corrected chi connectivity index (χ3v) is 4.49. The van der Waals surface area contributed by atoms with Crippen molar-refractivity contribution in [1.82, 2.24) is 0 Å². The maximum atomic E-state index is 14.8. The average Bonchev–Trinajstić information content (AvgIpc) is 2.82. The highest BCUT2D eigenvalue weighted by Crippen LogP contribution is 2.30. The fraction of sp³-hybridized carbons (Fsp3) is 0.0370. The van der Waals surface area contributed by atoms with E-state index in [2.05, 4.69) is 17.9 Å². The van der Waals surface area contributed by atoms with Crippen molar-refractivity contribution in [2.45, 2.75) is 6.92 Å². The van der Waals surface area contributed by atoms with Gasteiger partial charge in [-0.3, -0.25) is 0 Å². The van der Waals surface area contributed by atoms with Gasteiger partial charge in [0.15, 0.2) is 0 Å². The Labute approximate surface area is 191 Å². The van der Waals surface area contributed by atoms with E-state index >= 15 is 0 Å². The Kier molecular flexibility index (Phi) is 7.55. The first-order valence-electron chi connectivity index (χ1n) is 9.90. The minimum absolute atomic E-state index is 0.297. The van der Waals surface area contributed by atoms with Crippen LogP contribution in [-0.2, 0) is 14.3 Å². The molecule has 0 amide bonds. The molecule has 0 saturated heterocycles. The van der Waals surface area contributed by atoms with Crippen molar-refractivity contribution >= 4 is 11.9 Å². The summed E-state index contributed by atoms with van der Waals surface area (Å²) in [6.07, 6.45) is 3.39. The highest BCUT2D eigenvalue weighted by atomic mass is 19.1. The van der Waals surface area contributed by atoms with Gasteiger partial charge in [-0.2, -0.15) is 0 Å². The lowest BCUT2D eigenvalue weighted by Gasteiger charge is -2.09. The van der Waals surface area contributed by atoms with E-state index in [1.807, 2.05) is 6.07 Å². The van der Waals surface area contributed by atoms with Gasteiger partial charge in [-0.1, -0.05) is 49.6 Å². The molecule has 3 rings (SSSR count). The predicted octanol–water partition coefficient (Wildman–Crippen LogP) is 6.22. The number of hydrogen-bond acceptors (Lipinski definition) is 5. The Hall–Kier alpha value is -4.45. The number of carbonyl (C=O) groups excluding carboxylic acids is 2. The van der Waals surface area contributed by atoms with E-state index in [0.29, 0.717) is 33.8 Å². The van der Waals surface area contributed by atoms with Crippen molar-refractivity contribution in [3.05, 3.63) is 110 Å². The van der Waals surface area contributed by atoms with Crippen molar-refractivity contribution in [1.29, 1.82) is 0 Å². The molecular formula is C27H21FO5. The molecule has 0 aromatic heterocycles. The lowest BCUT2D eigenvalue weighted by molar-refractivity contribution is -0.132. The molecule has 0 atom stereocenters. The van der Waals surface area contributed by atoms with Gasteiger partial charge in [0.1, 0.15) is 29.8 Å². The third kappa shape index (κ3) is 6.27. The number of halogens is 1. The largest absolute Gasteiger partial charge is 0.462 e. The molecule has 0 heterocycles. The van der Waals surface area contributed by atoms with E-state index in [0.717, 1.165) is 17.9 Å². The molecule has 6 heteroatoms. The molecule has 0 N–H and O–H groups in total. The predicted molar refractivity (Wildman–Crippen MR) is 124 cm³/mol. The van der Waals surface area contributed by atoms with Crippen molar-refractivity contribution in [2.75, 3.05) is 0 Å². The smallest absolute Gasteiger partial charge is 0.338 e. The SMILES string of the molecule is C=CC(=O)OC=COc1ccc(-c2ccc(-c3ccc(OC(=O)C(=C)C)cc3)c(F)c2)cc1. The number of benzene rings is 3. The molecule has 0 unspecified atom stereocenters. The molecule has 0 aliphatic heterocycles. The van der Waals surface area contributed by atoms with Crippen LogP contribution in [0.3, 0.4) is 0 Å². The van der Waals surface area contributed by atoms with Crippen LogP contribution in [0.1, 0.15) is 6.92 Å². The van der Waals surface area contributed by atoms with Crippen LogP contribution in [-0.4, -0.2) is 11.9 Å². The number of carbonyl (C=O) groups is 2. The molecule has 0 radical (unpaired) electrons. The minimum atomic E-state index is -0.585. The van der Waals surface area contributed by atoms with Gasteiger partial charge >= 0.3 is 11.9 Å². The van der Waals surface area contributed by atoms with Crippen molar-refractivity contribution < 1.29 is 28.2 Å². The summed E-state index contributed by atoms with van der Waals surface area (Å²) in [4.78, 5) is 22.5. The summed E-state index contributed by atoms with van der Waals surface area (Å²) in [5, 5.41) is 0. The highest BCUT2D eigenvalue weighted by Gasteiger charge is 2.10. The van der Waals surface area contributed by atoms with Crippen molar-refractivity contribution in [3.8, 4) is 33.8 Å². The van der Waals surface area contributed by atoms with Gasteiger partial charge in [0.25, 0.3) is 0 Å². The van der Waals surface area contributed by atoms with Crippen LogP contribution >= 0.6 is 0 Å². The zero-order valence-corrected chi connectivity index (χ0v) is 17.9. The summed E-state index contributed by atoms with van der Waals surface area (Å²) in [5.41, 5.74) is 2.88. The second kappa shape index (κ2) is 10.7. The summed E-state index contributed by atoms with van der Waals surface area (Å²) in [7, 11) is 0. The Morgan fingerprint density at radius 3 is 2.06 bits per heavy atom. The van der Waals surface area contributed by atoms with Gasteiger partial charge in [0.2, 0.25) is 0 Å². The summed E-state index contributed by atoms with van der Waals surface area (Å²) in [5.74, 6) is -0.597. The van der Waals surface area contributed by atoms with Crippen LogP contribution < -0.4 is 9.47 Å². The number of ether oxygens (including phenoxy) is 3. The maximum absolute atomic E-state index is 14.8. The fourth-order valence-corrected chi connectivity index (χ4v) is 2.80. The zero-order chi connectivity index (χ0) is 23.8. The summed E-state index contributed by atoms with van der Waals surface area (Å²) >= 11 is 0. The van der Waals surface area contributed by atoms with E-state index < -0.39 is 11.9 Å². The molecule has 33 heavy (non-hydrogen) atoms. The number of esters is 2. The van der Waals surface area contributed by atoms with Gasteiger partial charge in [-0.25, -0.2) is 14.0 Å². The van der Waals surface area contributed by atoms with Crippen LogP contribution in [0.2, 0.25) is 0 Å². The standard InChI is InChI=1S/C27H21FO5/c1-4-26(29)32-16-15-31-22-10-5-19(6-11-22)21-9-14-24(25(28)17-21)20-7-12-23(13-8-20)33-27(30)18(2)3/h4-17H,1-2H2,3H3. The Morgan fingerprint density at radius 2 is 1.45 bits per heavy atom. The fourth-order valence-electron chi connectivity index (χ4n) is 2.80. The molecular weight excluding hydrogens is 423 g/mol. The monoisotopic (exact) mass is 444 g/mol. The van der Waals surface area contributed by atoms with Gasteiger partial charge < -0.3 is 14.2 Å². The van der Waals surface area contributed by atoms with E-state index in [4.69, 9.17) is 9.47 Å². The molecule has 5 nitrogen and oxygen atoms in total. The van der Waals surface area contributed by atoms with Crippen LogP contribution in [0.25, 0.3) is 22.3 Å². The first kappa shape index (κ1) is 23.2. The van der Waals surface area contributed by atoms with Crippen LogP contribution in [0.15, 0.2) is 104 Å². The lowest BCUT2D eigenvalue weighted by Crippen LogP contribution is -2.07. The Balaban J connectivity index is 1.69. The van der Waals surface area contributed by atoms with E-state index in [1.54, 1.807) is 61.5 Å². The van der Waals surface area contributed by atoms with Gasteiger partial charge in [-0.15, -0.1) is 0 Å². The first-order chi connectivity index (χ1) is 15.9. The van der Waals surface area contributed by atoms with Gasteiger partial charge in [-0.05, 0) is 53.9 Å². The quantitative estimate of drug-likeness (QED) is 0.179. The summed E-state index contributed by atoms with van der Waals surface area (Å²) in [6.45, 7) is 8.39. The highest BCUT2D eigenvalue weighted by molar-refractivity contribution is 5.88. The summed E-state index contributed by atoms with van der Waals surface area (Å²) < 4.78 is 30.0. The van der Waals surface area contributed by atoms with Gasteiger partial charge in [0.05, 0.1) is 0 Å². The normalized spacial score (nSPS) is 10.5. The molecule has 0 spiro atoms. The second-order valence-electron chi connectivity index (χ2n) is 6.94. The molecule has 0 bridgehead atoms. The molecule has 0 saturated carbocycles. The molecule has 0 fully saturated rings. The number of rotatable bonds is 8. The van der Waals surface area contributed by atoms with E-state index in [1.165, 1.54) is 12.3 Å². The van der Waals surface area contributed by atoms with Crippen LogP contribution in [0.5, 0.6) is 11.5 Å². The zero-order valence-electron chi connectivity index (χ0n) is 17.9. The Morgan fingerprint density at radius 1 is 0.848 bits per heavy atom. The lowest BCUT2D eigenvalue weighted by atomic mass is 9.99. The topological polar surface area (TPSA) is 61.8 Å². The van der Waals surface area contributed by atoms with Gasteiger partial charge in [0, 0.05) is 17.2 Å². The Bertz CT molecular complexity index is 1210. The molecule has 0 aliphatic carbocycles. The maximum Gasteiger partial charge on any atom is 0.338 e. The average molecular weight is 444 g/mol. The second-order valence-corrected chi connectivity index (χ2v) is 6.94. The molecule has 0 aliphatic rings. The van der Waals surface area contributed by atoms with Crippen molar-refractivity contribution in [2.24, 2.45) is 0 Å². The van der Waals surface area contributed by atoms with Crippen molar-refractivity contribution in [3.63, 3.8) is 0 Å². The number of hydrogen-bond donors (Lipinski definition) is 0. The van der Waals surface area contributed by atoms with E-state index in [-0.39, 0.29) is 5.82 Å². The minimum Gasteiger partial charge on any atom is -0.462 e. The first-order valence-corrected chi connectivity index (χ1v) is 9.90. The third-order valence-electron chi connectivity index (χ3n) is 4.49. The molecule has 166 valence electrons. The summed E-state index contributed by atoms with van der Waals surface area (Å²) in [6, 6.07) is 18.6. The van der Waals surface area contributed by atoms with Crippen LogP contribution in [0, 0.1) is 5.82 Å².